The summed E-state index contributed by atoms with van der Waals surface area (Å²) < 4.78 is 41.2. The van der Waals surface area contributed by atoms with E-state index >= 15 is 0 Å². The van der Waals surface area contributed by atoms with Crippen LogP contribution in [0.25, 0.3) is 0 Å². The molecule has 0 spiro atoms. The van der Waals surface area contributed by atoms with Crippen LogP contribution in [0.1, 0.15) is 25.0 Å². The predicted molar refractivity (Wildman–Crippen MR) is 79.1 cm³/mol. The molecule has 0 aliphatic heterocycles. The summed E-state index contributed by atoms with van der Waals surface area (Å²) in [6, 6.07) is 4.54. The summed E-state index contributed by atoms with van der Waals surface area (Å²) in [5, 5.41) is 0. The molecule has 0 aliphatic carbocycles. The summed E-state index contributed by atoms with van der Waals surface area (Å²) >= 11 is -2.18. The number of halogens is 5. The molecule has 0 unspecified atom stereocenters. The van der Waals surface area contributed by atoms with Gasteiger partial charge in [0.25, 0.3) is 0 Å². The molecule has 0 bridgehead atoms. The molecule has 0 aromatic heterocycles. The Morgan fingerprint density at radius 2 is 2.00 bits per heavy atom. The van der Waals surface area contributed by atoms with Crippen LogP contribution in [0, 0.1) is 7.11 Å². The van der Waals surface area contributed by atoms with Gasteiger partial charge in [-0.25, -0.2) is 0 Å². The Morgan fingerprint density at radius 3 is 2.45 bits per heavy atom. The van der Waals surface area contributed by atoms with Crippen LogP contribution in [0.2, 0.25) is 0 Å². The standard InChI is InChI=1S/C14H15F3O2.2ClH.Ru/c1-9(2)19(4)12-6-5-11(7-10(12)3)8-13(18)14(15,16)17;;;/h3,5-7,9H,4,8H2,1-2H3;2*1H;/q;;;+2/p-2. The van der Waals surface area contributed by atoms with Crippen molar-refractivity contribution in [1.29, 1.82) is 0 Å². The minimum absolute atomic E-state index is 0.00103. The molecule has 1 aromatic carbocycles. The van der Waals surface area contributed by atoms with E-state index in [0.29, 0.717) is 11.3 Å². The van der Waals surface area contributed by atoms with Gasteiger partial charge in [-0.3, -0.25) is 0 Å². The Hall–Kier alpha value is -0.447. The van der Waals surface area contributed by atoms with Crippen molar-refractivity contribution < 1.29 is 35.9 Å². The number of hydrogen-bond acceptors (Lipinski definition) is 1. The van der Waals surface area contributed by atoms with Gasteiger partial charge in [0.05, 0.1) is 0 Å². The molecule has 0 saturated heterocycles. The number of benzene rings is 1. The summed E-state index contributed by atoms with van der Waals surface area (Å²) in [6.45, 7) is 3.78. The number of rotatable bonds is 5. The van der Waals surface area contributed by atoms with Gasteiger partial charge in [0.15, 0.2) is 0 Å². The Morgan fingerprint density at radius 1 is 1.41 bits per heavy atom. The van der Waals surface area contributed by atoms with Gasteiger partial charge in [0, 0.05) is 0 Å². The fourth-order valence-electron chi connectivity index (χ4n) is 1.65. The molecule has 0 aliphatic rings. The van der Waals surface area contributed by atoms with E-state index in [0.717, 1.165) is 0 Å². The normalized spacial score (nSPS) is 12.3. The third kappa shape index (κ3) is 5.64. The first-order valence-corrected chi connectivity index (χ1v) is 11.6. The number of ketones is 1. The van der Waals surface area contributed by atoms with Gasteiger partial charge in [0.1, 0.15) is 0 Å². The van der Waals surface area contributed by atoms with Crippen molar-refractivity contribution in [3.63, 3.8) is 0 Å². The molecule has 0 fully saturated rings. The molecular weight excluding hydrogens is 429 g/mol. The van der Waals surface area contributed by atoms with Gasteiger partial charge in [-0.05, 0) is 0 Å². The SMILES string of the molecule is [CH2-][O+](c1ccc(CC(=O)C(F)(F)F)cc1[CH]=[Ru]([Cl])[Cl])C(C)C. The van der Waals surface area contributed by atoms with Gasteiger partial charge in [0.2, 0.25) is 0 Å². The van der Waals surface area contributed by atoms with E-state index in [1.165, 1.54) is 12.1 Å². The van der Waals surface area contributed by atoms with Gasteiger partial charge >= 0.3 is 140 Å². The molecule has 0 heterocycles. The Kier molecular flexibility index (Phi) is 7.03. The van der Waals surface area contributed by atoms with E-state index in [-0.39, 0.29) is 11.7 Å². The predicted octanol–water partition coefficient (Wildman–Crippen LogP) is 4.90. The third-order valence-electron chi connectivity index (χ3n) is 2.79. The Bertz CT molecular complexity index is 582. The number of alkyl halides is 3. The van der Waals surface area contributed by atoms with Crippen LogP contribution >= 0.6 is 19.4 Å². The fraction of sp³-hybridized carbons (Fsp3) is 0.357. The Balaban J connectivity index is 3.21. The molecule has 1 aromatic rings. The van der Waals surface area contributed by atoms with Crippen molar-refractivity contribution in [2.75, 3.05) is 0 Å². The van der Waals surface area contributed by atoms with E-state index < -0.39 is 31.9 Å². The number of hydrogen-bond donors (Lipinski definition) is 0. The molecule has 8 heteroatoms. The molecule has 0 atom stereocenters. The third-order valence-corrected chi connectivity index (χ3v) is 4.63. The van der Waals surface area contributed by atoms with Gasteiger partial charge in [-0.2, -0.15) is 0 Å². The fourth-order valence-corrected chi connectivity index (χ4v) is 3.43. The van der Waals surface area contributed by atoms with Gasteiger partial charge in [-0.1, -0.05) is 0 Å². The van der Waals surface area contributed by atoms with Crippen molar-refractivity contribution in [3.8, 4) is 5.75 Å². The van der Waals surface area contributed by atoms with Crippen molar-refractivity contribution in [3.05, 3.63) is 36.4 Å². The van der Waals surface area contributed by atoms with Crippen LogP contribution in [0.3, 0.4) is 0 Å². The molecular formula is C14H15Cl2F3O2Ru. The van der Waals surface area contributed by atoms with Crippen LogP contribution in [-0.2, 0) is 29.1 Å². The average molecular weight is 444 g/mol. The first-order valence-electron chi connectivity index (χ1n) is 6.11. The molecule has 0 saturated carbocycles. The van der Waals surface area contributed by atoms with Crippen LogP contribution in [0.5, 0.6) is 5.75 Å². The van der Waals surface area contributed by atoms with Crippen molar-refractivity contribution >= 4 is 29.8 Å². The maximum absolute atomic E-state index is 12.3. The number of carbonyl (C=O) groups is 1. The van der Waals surface area contributed by atoms with Crippen LogP contribution in [0.4, 0.5) is 13.2 Å². The second kappa shape index (κ2) is 7.89. The van der Waals surface area contributed by atoms with Crippen molar-refractivity contribution in [2.24, 2.45) is 0 Å². The molecule has 0 N–H and O–H groups in total. The molecule has 2 nitrogen and oxygen atoms in total. The minimum atomic E-state index is -4.84. The quantitative estimate of drug-likeness (QED) is 0.359. The number of carbonyl (C=O) groups excluding carboxylic acids is 1. The number of Topliss-reactive ketones (excluding diaryl/α,β-unsaturated/α-hetero) is 1. The van der Waals surface area contributed by atoms with E-state index in [4.69, 9.17) is 19.4 Å². The molecule has 0 amide bonds. The molecule has 1 rings (SSSR count). The first-order chi connectivity index (χ1) is 10.0. The average Bonchev–Trinajstić information content (AvgIpc) is 2.36. The maximum atomic E-state index is 12.3. The molecule has 0 radical (unpaired) electrons. The summed E-state index contributed by atoms with van der Waals surface area (Å²) in [5.74, 6) is -1.17. The zero-order valence-electron chi connectivity index (χ0n) is 11.9. The van der Waals surface area contributed by atoms with Crippen molar-refractivity contribution in [1.82, 2.24) is 0 Å². The van der Waals surface area contributed by atoms with Gasteiger partial charge in [-0.15, -0.1) is 0 Å². The molecule has 126 valence electrons. The summed E-state index contributed by atoms with van der Waals surface area (Å²) in [6.07, 6.45) is -5.56. The summed E-state index contributed by atoms with van der Waals surface area (Å²) in [4.78, 5) is 11.1. The summed E-state index contributed by atoms with van der Waals surface area (Å²) in [5.41, 5.74) is 0.809. The van der Waals surface area contributed by atoms with Gasteiger partial charge < -0.3 is 0 Å². The van der Waals surface area contributed by atoms with Crippen LogP contribution in [0.15, 0.2) is 18.2 Å². The topological polar surface area (TPSA) is 19.8 Å². The molecule has 22 heavy (non-hydrogen) atoms. The monoisotopic (exact) mass is 444 g/mol. The van der Waals surface area contributed by atoms with E-state index in [9.17, 15) is 18.0 Å². The second-order valence-corrected chi connectivity index (χ2v) is 10.5. The summed E-state index contributed by atoms with van der Waals surface area (Å²) in [7, 11) is 15.5. The van der Waals surface area contributed by atoms with E-state index in [2.05, 4.69) is 11.5 Å². The van der Waals surface area contributed by atoms with E-state index in [1.54, 1.807) is 10.7 Å². The van der Waals surface area contributed by atoms with Crippen molar-refractivity contribution in [2.45, 2.75) is 32.5 Å². The first kappa shape index (κ1) is 19.6. The zero-order chi connectivity index (χ0) is 17.1. The second-order valence-electron chi connectivity index (χ2n) is 4.75. The van der Waals surface area contributed by atoms with Crippen LogP contribution < -0.4 is 0 Å². The zero-order valence-corrected chi connectivity index (χ0v) is 15.1. The van der Waals surface area contributed by atoms with E-state index in [1.807, 2.05) is 13.8 Å². The Labute approximate surface area is 140 Å². The van der Waals surface area contributed by atoms with Crippen LogP contribution in [-0.4, -0.2) is 22.7 Å².